The molecule has 0 unspecified atom stereocenters. The molecule has 2 aromatic heterocycles. The molecule has 0 bridgehead atoms. The second-order valence-electron chi connectivity index (χ2n) is 4.27. The van der Waals surface area contributed by atoms with Crippen LogP contribution in [0.4, 0.5) is 19.0 Å². The molecule has 19 heavy (non-hydrogen) atoms. The number of anilines is 1. The van der Waals surface area contributed by atoms with Gasteiger partial charge in [0.1, 0.15) is 5.52 Å². The van der Waals surface area contributed by atoms with Gasteiger partial charge in [-0.05, 0) is 6.42 Å². The van der Waals surface area contributed by atoms with Crippen LogP contribution in [0.3, 0.4) is 0 Å². The van der Waals surface area contributed by atoms with Crippen molar-refractivity contribution in [2.24, 2.45) is 0 Å². The third-order valence-electron chi connectivity index (χ3n) is 2.75. The lowest BCUT2D eigenvalue weighted by molar-refractivity contribution is -0.141. The first-order chi connectivity index (χ1) is 9.02. The number of halogens is 3. The van der Waals surface area contributed by atoms with E-state index in [1.165, 1.54) is 16.9 Å². The number of aromatic nitrogens is 3. The van der Waals surface area contributed by atoms with Crippen molar-refractivity contribution in [1.82, 2.24) is 14.6 Å². The Kier molecular flexibility index (Phi) is 3.92. The third-order valence-corrected chi connectivity index (χ3v) is 2.75. The Balaban J connectivity index is 2.22. The van der Waals surface area contributed by atoms with E-state index in [0.29, 0.717) is 17.9 Å². The van der Waals surface area contributed by atoms with Crippen molar-refractivity contribution in [3.63, 3.8) is 0 Å². The van der Waals surface area contributed by atoms with E-state index in [0.717, 1.165) is 25.3 Å². The summed E-state index contributed by atoms with van der Waals surface area (Å²) in [4.78, 5) is 4.06. The predicted octanol–water partition coefficient (Wildman–Crippen LogP) is 3.35. The third kappa shape index (κ3) is 3.15. The van der Waals surface area contributed by atoms with Crippen molar-refractivity contribution in [3.8, 4) is 0 Å². The van der Waals surface area contributed by atoms with Crippen LogP contribution in [0.25, 0.3) is 5.52 Å². The monoisotopic (exact) mass is 272 g/mol. The van der Waals surface area contributed by atoms with E-state index < -0.39 is 11.9 Å². The van der Waals surface area contributed by atoms with E-state index in [1.54, 1.807) is 0 Å². The maximum Gasteiger partial charge on any atom is 0.435 e. The molecular weight excluding hydrogens is 257 g/mol. The molecule has 0 saturated heterocycles. The average Bonchev–Trinajstić information content (AvgIpc) is 2.79. The fraction of sp³-hybridized carbons (Fsp3) is 0.500. The summed E-state index contributed by atoms with van der Waals surface area (Å²) in [7, 11) is 0. The summed E-state index contributed by atoms with van der Waals surface area (Å²) < 4.78 is 39.0. The maximum absolute atomic E-state index is 12.6. The molecule has 0 aliphatic heterocycles. The fourth-order valence-corrected chi connectivity index (χ4v) is 1.78. The Labute approximate surface area is 108 Å². The van der Waals surface area contributed by atoms with Gasteiger partial charge in [0.05, 0.1) is 0 Å². The molecule has 0 aliphatic rings. The Morgan fingerprint density at radius 1 is 1.32 bits per heavy atom. The van der Waals surface area contributed by atoms with Crippen LogP contribution in [0.15, 0.2) is 18.5 Å². The zero-order chi connectivity index (χ0) is 13.9. The summed E-state index contributed by atoms with van der Waals surface area (Å²) in [5.74, 6) is 0.432. The second kappa shape index (κ2) is 5.46. The van der Waals surface area contributed by atoms with Crippen molar-refractivity contribution in [3.05, 3.63) is 24.2 Å². The van der Waals surface area contributed by atoms with Crippen LogP contribution < -0.4 is 5.32 Å². The number of nitrogens with zero attached hydrogens (tertiary/aromatic N) is 3. The van der Waals surface area contributed by atoms with Gasteiger partial charge in [0.25, 0.3) is 0 Å². The van der Waals surface area contributed by atoms with E-state index in [4.69, 9.17) is 0 Å². The van der Waals surface area contributed by atoms with Gasteiger partial charge in [0.2, 0.25) is 0 Å². The lowest BCUT2D eigenvalue weighted by atomic mass is 10.2. The summed E-state index contributed by atoms with van der Waals surface area (Å²) in [6, 6.07) is 1.01. The number of nitrogens with one attached hydrogen (secondary N) is 1. The summed E-state index contributed by atoms with van der Waals surface area (Å²) in [5, 5.41) is 6.55. The van der Waals surface area contributed by atoms with E-state index in [-0.39, 0.29) is 0 Å². The molecule has 2 heterocycles. The highest BCUT2D eigenvalue weighted by Gasteiger charge is 2.34. The molecule has 0 saturated carbocycles. The zero-order valence-electron chi connectivity index (χ0n) is 10.5. The predicted molar refractivity (Wildman–Crippen MR) is 66.0 cm³/mol. The standard InChI is InChI=1S/C12H15F3N4/c1-2-3-4-5-16-11-9-8-10(12(13,14)15)18-19(9)7-6-17-11/h6-8H,2-5H2,1H3,(H,16,17). The van der Waals surface area contributed by atoms with Crippen LogP contribution in [-0.4, -0.2) is 21.1 Å². The molecule has 0 radical (unpaired) electrons. The van der Waals surface area contributed by atoms with Crippen LogP contribution in [0.2, 0.25) is 0 Å². The summed E-state index contributed by atoms with van der Waals surface area (Å²) in [6.45, 7) is 2.78. The Morgan fingerprint density at radius 2 is 2.11 bits per heavy atom. The van der Waals surface area contributed by atoms with Crippen LogP contribution in [0, 0.1) is 0 Å². The van der Waals surface area contributed by atoms with E-state index in [2.05, 4.69) is 22.3 Å². The number of unbranched alkanes of at least 4 members (excludes halogenated alkanes) is 2. The highest BCUT2D eigenvalue weighted by Crippen LogP contribution is 2.29. The van der Waals surface area contributed by atoms with Crippen LogP contribution >= 0.6 is 0 Å². The quantitative estimate of drug-likeness (QED) is 0.849. The van der Waals surface area contributed by atoms with Gasteiger partial charge in [-0.1, -0.05) is 19.8 Å². The first-order valence-electron chi connectivity index (χ1n) is 6.18. The van der Waals surface area contributed by atoms with Crippen LogP contribution in [0.1, 0.15) is 31.9 Å². The molecule has 2 rings (SSSR count). The normalized spacial score (nSPS) is 12.0. The van der Waals surface area contributed by atoms with Crippen molar-refractivity contribution >= 4 is 11.3 Å². The SMILES string of the molecule is CCCCCNc1nccn2nc(C(F)(F)F)cc12. The molecule has 0 atom stereocenters. The first-order valence-corrected chi connectivity index (χ1v) is 6.18. The van der Waals surface area contributed by atoms with Crippen LogP contribution in [-0.2, 0) is 6.18 Å². The summed E-state index contributed by atoms with van der Waals surface area (Å²) in [5.41, 5.74) is -0.566. The first kappa shape index (κ1) is 13.6. The summed E-state index contributed by atoms with van der Waals surface area (Å²) in [6.07, 6.45) is 1.52. The minimum absolute atomic E-state index is 0.339. The Bertz CT molecular complexity index is 547. The second-order valence-corrected chi connectivity index (χ2v) is 4.27. The lowest BCUT2D eigenvalue weighted by Gasteiger charge is -2.05. The van der Waals surface area contributed by atoms with Crippen LogP contribution in [0.5, 0.6) is 0 Å². The zero-order valence-corrected chi connectivity index (χ0v) is 10.5. The molecule has 7 heteroatoms. The minimum Gasteiger partial charge on any atom is -0.368 e. The van der Waals surface area contributed by atoms with Gasteiger partial charge < -0.3 is 5.32 Å². The fourth-order valence-electron chi connectivity index (χ4n) is 1.78. The summed E-state index contributed by atoms with van der Waals surface area (Å²) >= 11 is 0. The van der Waals surface area contributed by atoms with Gasteiger partial charge in [-0.25, -0.2) is 9.50 Å². The van der Waals surface area contributed by atoms with E-state index in [9.17, 15) is 13.2 Å². The maximum atomic E-state index is 12.6. The highest BCUT2D eigenvalue weighted by atomic mass is 19.4. The van der Waals surface area contributed by atoms with Gasteiger partial charge in [0, 0.05) is 25.0 Å². The molecule has 1 N–H and O–H groups in total. The number of hydrogen-bond acceptors (Lipinski definition) is 3. The van der Waals surface area contributed by atoms with E-state index in [1.807, 2.05) is 0 Å². The number of rotatable bonds is 5. The average molecular weight is 272 g/mol. The van der Waals surface area contributed by atoms with Gasteiger partial charge in [-0.2, -0.15) is 18.3 Å². The lowest BCUT2D eigenvalue weighted by Crippen LogP contribution is -2.06. The molecule has 4 nitrogen and oxygen atoms in total. The molecule has 0 amide bonds. The topological polar surface area (TPSA) is 42.2 Å². The Morgan fingerprint density at radius 3 is 2.79 bits per heavy atom. The molecule has 104 valence electrons. The van der Waals surface area contributed by atoms with E-state index >= 15 is 0 Å². The van der Waals surface area contributed by atoms with Gasteiger partial charge >= 0.3 is 6.18 Å². The molecule has 2 aromatic rings. The van der Waals surface area contributed by atoms with Crippen molar-refractivity contribution < 1.29 is 13.2 Å². The van der Waals surface area contributed by atoms with Gasteiger partial charge in [-0.3, -0.25) is 0 Å². The molecule has 0 aliphatic carbocycles. The Hall–Kier alpha value is -1.79. The highest BCUT2D eigenvalue weighted by molar-refractivity contribution is 5.67. The van der Waals surface area contributed by atoms with Gasteiger partial charge in [0.15, 0.2) is 11.5 Å². The number of hydrogen-bond donors (Lipinski definition) is 1. The van der Waals surface area contributed by atoms with Crippen molar-refractivity contribution in [1.29, 1.82) is 0 Å². The molecular formula is C12H15F3N4. The van der Waals surface area contributed by atoms with Crippen molar-refractivity contribution in [2.75, 3.05) is 11.9 Å². The largest absolute Gasteiger partial charge is 0.435 e. The molecule has 0 aromatic carbocycles. The number of fused-ring (bicyclic) bond motifs is 1. The van der Waals surface area contributed by atoms with Gasteiger partial charge in [-0.15, -0.1) is 0 Å². The molecule has 0 spiro atoms. The smallest absolute Gasteiger partial charge is 0.368 e. The minimum atomic E-state index is -4.44. The number of alkyl halides is 3. The molecule has 0 fully saturated rings. The van der Waals surface area contributed by atoms with Crippen molar-refractivity contribution in [2.45, 2.75) is 32.4 Å².